The molecule has 0 unspecified atom stereocenters. The molecule has 0 aromatic rings. The largest absolute Gasteiger partial charge is 0.299 e. The van der Waals surface area contributed by atoms with Gasteiger partial charge in [-0.3, -0.25) is 9.69 Å². The molecule has 0 spiro atoms. The number of hydrogen-bond acceptors (Lipinski definition) is 2. The molecule has 0 aliphatic heterocycles. The van der Waals surface area contributed by atoms with Crippen molar-refractivity contribution < 1.29 is 4.79 Å². The molecule has 0 atom stereocenters. The van der Waals surface area contributed by atoms with E-state index in [0.29, 0.717) is 12.3 Å². The van der Waals surface area contributed by atoms with Crippen LogP contribution in [-0.2, 0) is 4.79 Å². The molecule has 0 fully saturated rings. The van der Waals surface area contributed by atoms with Crippen molar-refractivity contribution in [2.24, 2.45) is 5.92 Å². The predicted molar refractivity (Wildman–Crippen MR) is 54.4 cm³/mol. The van der Waals surface area contributed by atoms with Crippen LogP contribution < -0.4 is 0 Å². The van der Waals surface area contributed by atoms with Gasteiger partial charge in [0.2, 0.25) is 0 Å². The molecule has 0 N–H and O–H groups in total. The summed E-state index contributed by atoms with van der Waals surface area (Å²) in [6.07, 6.45) is 0. The van der Waals surface area contributed by atoms with E-state index in [1.807, 2.05) is 46.6 Å². The molecule has 2 nitrogen and oxygen atoms in total. The molecular formula is C10H23NO. The number of carbonyl (C=O) groups excluding carboxylic acids is 1. The van der Waals surface area contributed by atoms with Gasteiger partial charge in [-0.1, -0.05) is 34.6 Å². The summed E-state index contributed by atoms with van der Waals surface area (Å²) in [7, 11) is 1.96. The Bertz CT molecular complexity index is 110. The van der Waals surface area contributed by atoms with E-state index in [1.54, 1.807) is 0 Å². The highest BCUT2D eigenvalue weighted by atomic mass is 16.1. The maximum Gasteiger partial charge on any atom is 0.149 e. The monoisotopic (exact) mass is 173 g/mol. The van der Waals surface area contributed by atoms with Crippen LogP contribution in [0.15, 0.2) is 0 Å². The molecule has 0 aromatic heterocycles. The van der Waals surface area contributed by atoms with Crippen molar-refractivity contribution in [3.63, 3.8) is 0 Å². The highest BCUT2D eigenvalue weighted by Crippen LogP contribution is 1.95. The third kappa shape index (κ3) is 7.73. The first-order valence-corrected chi connectivity index (χ1v) is 4.79. The summed E-state index contributed by atoms with van der Waals surface area (Å²) in [5.74, 6) is 0.498. The van der Waals surface area contributed by atoms with Gasteiger partial charge in [0.15, 0.2) is 0 Å². The number of hydrogen-bond donors (Lipinski definition) is 0. The number of Topliss-reactive ketones (excluding diaryl/α,β-unsaturated/α-hetero) is 1. The van der Waals surface area contributed by atoms with E-state index in [0.717, 1.165) is 6.54 Å². The number of nitrogens with zero attached hydrogens (tertiary/aromatic N) is 1. The Morgan fingerprint density at radius 3 is 2.00 bits per heavy atom. The lowest BCUT2D eigenvalue weighted by molar-refractivity contribution is -0.122. The topological polar surface area (TPSA) is 20.3 Å². The molecule has 0 heterocycles. The van der Waals surface area contributed by atoms with Gasteiger partial charge in [0.25, 0.3) is 0 Å². The molecule has 0 saturated heterocycles. The van der Waals surface area contributed by atoms with E-state index in [4.69, 9.17) is 0 Å². The van der Waals surface area contributed by atoms with Gasteiger partial charge >= 0.3 is 0 Å². The first-order valence-electron chi connectivity index (χ1n) is 4.79. The normalized spacial score (nSPS) is 9.67. The predicted octanol–water partition coefficient (Wildman–Crippen LogP) is 2.19. The van der Waals surface area contributed by atoms with Gasteiger partial charge in [-0.25, -0.2) is 0 Å². The van der Waals surface area contributed by atoms with Crippen LogP contribution in [0.25, 0.3) is 0 Å². The smallest absolute Gasteiger partial charge is 0.149 e. The molecule has 0 aromatic carbocycles. The molecule has 12 heavy (non-hydrogen) atoms. The minimum absolute atomic E-state index is 0.175. The Morgan fingerprint density at radius 2 is 1.75 bits per heavy atom. The Kier molecular flexibility index (Phi) is 10.3. The molecule has 0 rings (SSSR count). The molecule has 0 aliphatic rings. The van der Waals surface area contributed by atoms with Crippen molar-refractivity contribution in [3.8, 4) is 0 Å². The minimum atomic E-state index is 0.175. The van der Waals surface area contributed by atoms with Crippen molar-refractivity contribution >= 4 is 5.78 Å². The second-order valence-electron chi connectivity index (χ2n) is 2.95. The zero-order chi connectivity index (χ0) is 10.1. The quantitative estimate of drug-likeness (QED) is 0.649. The van der Waals surface area contributed by atoms with Crippen molar-refractivity contribution in [3.05, 3.63) is 0 Å². The first-order chi connectivity index (χ1) is 5.57. The van der Waals surface area contributed by atoms with E-state index in [2.05, 4.69) is 0 Å². The van der Waals surface area contributed by atoms with Crippen LogP contribution in [0.2, 0.25) is 0 Å². The second-order valence-corrected chi connectivity index (χ2v) is 2.95. The fourth-order valence-corrected chi connectivity index (χ4v) is 0.560. The lowest BCUT2D eigenvalue weighted by atomic mass is 10.1. The third-order valence-electron chi connectivity index (χ3n) is 1.61. The lowest BCUT2D eigenvalue weighted by Crippen LogP contribution is -2.28. The van der Waals surface area contributed by atoms with Gasteiger partial charge in [0.1, 0.15) is 5.78 Å². The van der Waals surface area contributed by atoms with Gasteiger partial charge < -0.3 is 0 Å². The number of carbonyl (C=O) groups is 1. The van der Waals surface area contributed by atoms with E-state index in [1.165, 1.54) is 0 Å². The summed E-state index contributed by atoms with van der Waals surface area (Å²) in [5, 5.41) is 0. The number of rotatable bonds is 4. The highest BCUT2D eigenvalue weighted by Gasteiger charge is 2.08. The molecule has 2 heteroatoms. The van der Waals surface area contributed by atoms with Crippen molar-refractivity contribution in [1.82, 2.24) is 4.90 Å². The lowest BCUT2D eigenvalue weighted by Gasteiger charge is -2.13. The molecule has 0 bridgehead atoms. The van der Waals surface area contributed by atoms with Crippen LogP contribution in [-0.4, -0.2) is 30.8 Å². The van der Waals surface area contributed by atoms with E-state index in [9.17, 15) is 4.79 Å². The van der Waals surface area contributed by atoms with Gasteiger partial charge in [0.05, 0.1) is 6.54 Å². The summed E-state index contributed by atoms with van der Waals surface area (Å²) in [4.78, 5) is 13.1. The molecule has 0 amide bonds. The van der Waals surface area contributed by atoms with Crippen molar-refractivity contribution in [2.45, 2.75) is 34.6 Å². The maximum atomic E-state index is 11.1. The average Bonchev–Trinajstić information content (AvgIpc) is 2.07. The fourth-order valence-electron chi connectivity index (χ4n) is 0.560. The first kappa shape index (κ1) is 14.2. The molecule has 0 radical (unpaired) electrons. The minimum Gasteiger partial charge on any atom is -0.299 e. The zero-order valence-corrected chi connectivity index (χ0v) is 9.35. The Labute approximate surface area is 77.0 Å². The number of likely N-dealkylation sites (N-methyl/N-ethyl adjacent to an activating group) is 1. The fraction of sp³-hybridized carbons (Fsp3) is 0.900. The van der Waals surface area contributed by atoms with Crippen LogP contribution >= 0.6 is 0 Å². The van der Waals surface area contributed by atoms with E-state index >= 15 is 0 Å². The van der Waals surface area contributed by atoms with Crippen LogP contribution in [0.3, 0.4) is 0 Å². The third-order valence-corrected chi connectivity index (χ3v) is 1.61. The van der Waals surface area contributed by atoms with Crippen LogP contribution in [0.5, 0.6) is 0 Å². The van der Waals surface area contributed by atoms with Crippen LogP contribution in [0.4, 0.5) is 0 Å². The Morgan fingerprint density at radius 1 is 1.33 bits per heavy atom. The molecule has 0 aliphatic carbocycles. The zero-order valence-electron chi connectivity index (χ0n) is 9.35. The maximum absolute atomic E-state index is 11.1. The van der Waals surface area contributed by atoms with Crippen LogP contribution in [0.1, 0.15) is 34.6 Å². The molecular weight excluding hydrogens is 150 g/mol. The van der Waals surface area contributed by atoms with Gasteiger partial charge in [-0.15, -0.1) is 0 Å². The Balaban J connectivity index is 0. The second kappa shape index (κ2) is 8.72. The molecule has 0 saturated carbocycles. The van der Waals surface area contributed by atoms with Crippen molar-refractivity contribution in [2.75, 3.05) is 20.1 Å². The average molecular weight is 173 g/mol. The summed E-state index contributed by atoms with van der Waals surface area (Å²) in [5.41, 5.74) is 0. The van der Waals surface area contributed by atoms with Crippen LogP contribution in [0, 0.1) is 5.92 Å². The molecule has 74 valence electrons. The summed E-state index contributed by atoms with van der Waals surface area (Å²) in [6, 6.07) is 0. The van der Waals surface area contributed by atoms with Gasteiger partial charge in [0, 0.05) is 5.92 Å². The van der Waals surface area contributed by atoms with Crippen molar-refractivity contribution in [1.29, 1.82) is 0 Å². The summed E-state index contributed by atoms with van der Waals surface area (Å²) >= 11 is 0. The van der Waals surface area contributed by atoms with Gasteiger partial charge in [-0.05, 0) is 13.6 Å². The standard InChI is InChI=1S/C8H17NO.C2H6/c1-5-9(4)6-8(10)7(2)3;1-2/h7H,5-6H2,1-4H3;1-2H3. The summed E-state index contributed by atoms with van der Waals surface area (Å²) < 4.78 is 0. The van der Waals surface area contributed by atoms with E-state index < -0.39 is 0 Å². The Hall–Kier alpha value is -0.370. The highest BCUT2D eigenvalue weighted by molar-refractivity contribution is 5.82. The van der Waals surface area contributed by atoms with Gasteiger partial charge in [-0.2, -0.15) is 0 Å². The SMILES string of the molecule is CC.CCN(C)CC(=O)C(C)C. The summed E-state index contributed by atoms with van der Waals surface area (Å²) in [6.45, 7) is 11.5. The van der Waals surface area contributed by atoms with E-state index in [-0.39, 0.29) is 5.92 Å². The number of ketones is 1.